The molecule has 2 fully saturated rings. The fourth-order valence-electron chi connectivity index (χ4n) is 4.12. The van der Waals surface area contributed by atoms with Gasteiger partial charge in [0, 0.05) is 19.1 Å². The van der Waals surface area contributed by atoms with E-state index in [1.165, 1.54) is 25.1 Å². The van der Waals surface area contributed by atoms with Gasteiger partial charge >= 0.3 is 0 Å². The van der Waals surface area contributed by atoms with Gasteiger partial charge < -0.3 is 10.2 Å². The molecule has 2 aliphatic rings. The van der Waals surface area contributed by atoms with E-state index in [9.17, 15) is 0 Å². The van der Waals surface area contributed by atoms with Crippen molar-refractivity contribution in [1.29, 1.82) is 0 Å². The summed E-state index contributed by atoms with van der Waals surface area (Å²) in [7, 11) is 0. The van der Waals surface area contributed by atoms with E-state index >= 15 is 0 Å². The molecule has 1 saturated carbocycles. The second-order valence-electron chi connectivity index (χ2n) is 8.03. The van der Waals surface area contributed by atoms with E-state index in [-0.39, 0.29) is 0 Å². The Morgan fingerprint density at radius 1 is 1.10 bits per heavy atom. The Morgan fingerprint density at radius 3 is 2.38 bits per heavy atom. The van der Waals surface area contributed by atoms with E-state index in [1.54, 1.807) is 0 Å². The monoisotopic (exact) mass is 286 g/mol. The van der Waals surface area contributed by atoms with Crippen LogP contribution in [0.25, 0.3) is 0 Å². The molecule has 0 aromatic heterocycles. The zero-order valence-corrected chi connectivity index (χ0v) is 14.0. The van der Waals surface area contributed by atoms with Crippen LogP contribution in [0.1, 0.15) is 45.7 Å². The minimum Gasteiger partial charge on any atom is -0.309 e. The molecule has 0 amide bonds. The zero-order chi connectivity index (χ0) is 15.1. The van der Waals surface area contributed by atoms with E-state index in [1.807, 2.05) is 0 Å². The zero-order valence-electron chi connectivity index (χ0n) is 14.0. The van der Waals surface area contributed by atoms with Crippen molar-refractivity contribution in [2.24, 2.45) is 16.7 Å². The van der Waals surface area contributed by atoms with Gasteiger partial charge in [0.1, 0.15) is 0 Å². The molecule has 2 nitrogen and oxygen atoms in total. The van der Waals surface area contributed by atoms with Gasteiger partial charge in [-0.1, -0.05) is 58.0 Å². The Bertz CT molecular complexity index is 464. The first-order valence-electron chi connectivity index (χ1n) is 8.43. The summed E-state index contributed by atoms with van der Waals surface area (Å²) < 4.78 is 0. The standard InChI is InChI=1S/C19H30N2/c1-18(2)17(19(18,3)4)14-21-12-8-11-20-16(13-21)15-9-6-5-7-10-15/h5-7,9-10,16-17,20H,8,11-14H2,1-4H3. The normalized spacial score (nSPS) is 29.0. The second-order valence-corrected chi connectivity index (χ2v) is 8.03. The van der Waals surface area contributed by atoms with E-state index in [0.29, 0.717) is 16.9 Å². The van der Waals surface area contributed by atoms with E-state index in [4.69, 9.17) is 0 Å². The minimum absolute atomic E-state index is 0.485. The highest BCUT2D eigenvalue weighted by Crippen LogP contribution is 2.68. The molecular weight excluding hydrogens is 256 g/mol. The van der Waals surface area contributed by atoms with E-state index in [2.05, 4.69) is 68.2 Å². The van der Waals surface area contributed by atoms with E-state index in [0.717, 1.165) is 19.0 Å². The van der Waals surface area contributed by atoms with Gasteiger partial charge in [-0.25, -0.2) is 0 Å². The van der Waals surface area contributed by atoms with Gasteiger partial charge in [-0.2, -0.15) is 0 Å². The van der Waals surface area contributed by atoms with Gasteiger partial charge in [-0.05, 0) is 41.8 Å². The van der Waals surface area contributed by atoms with Gasteiger partial charge in [-0.3, -0.25) is 0 Å². The maximum Gasteiger partial charge on any atom is 0.0449 e. The summed E-state index contributed by atoms with van der Waals surface area (Å²) in [6.45, 7) is 14.5. The summed E-state index contributed by atoms with van der Waals surface area (Å²) in [6, 6.07) is 11.4. The number of rotatable bonds is 3. The highest BCUT2D eigenvalue weighted by Gasteiger charge is 2.64. The number of benzene rings is 1. The maximum atomic E-state index is 3.72. The van der Waals surface area contributed by atoms with Crippen LogP contribution in [0.3, 0.4) is 0 Å². The third-order valence-corrected chi connectivity index (χ3v) is 6.45. The smallest absolute Gasteiger partial charge is 0.0449 e. The molecule has 1 N–H and O–H groups in total. The van der Waals surface area contributed by atoms with Crippen molar-refractivity contribution < 1.29 is 0 Å². The molecule has 0 radical (unpaired) electrons. The lowest BCUT2D eigenvalue weighted by Crippen LogP contribution is -2.33. The Kier molecular flexibility index (Phi) is 3.87. The van der Waals surface area contributed by atoms with Crippen LogP contribution in [0.15, 0.2) is 30.3 Å². The molecule has 116 valence electrons. The molecule has 1 atom stereocenters. The van der Waals surface area contributed by atoms with Crippen LogP contribution < -0.4 is 5.32 Å². The molecule has 1 aromatic carbocycles. The fourth-order valence-corrected chi connectivity index (χ4v) is 4.12. The van der Waals surface area contributed by atoms with Crippen LogP contribution in [0.4, 0.5) is 0 Å². The summed E-state index contributed by atoms with van der Waals surface area (Å²) in [5.41, 5.74) is 2.42. The largest absolute Gasteiger partial charge is 0.309 e. The molecule has 3 rings (SSSR count). The molecule has 2 heteroatoms. The first-order chi connectivity index (χ1) is 9.93. The number of hydrogen-bond donors (Lipinski definition) is 1. The van der Waals surface area contributed by atoms with Gasteiger partial charge in [0.25, 0.3) is 0 Å². The van der Waals surface area contributed by atoms with Crippen molar-refractivity contribution in [1.82, 2.24) is 10.2 Å². The van der Waals surface area contributed by atoms with Crippen LogP contribution in [-0.2, 0) is 0 Å². The number of hydrogen-bond acceptors (Lipinski definition) is 2. The summed E-state index contributed by atoms with van der Waals surface area (Å²) >= 11 is 0. The predicted molar refractivity (Wildman–Crippen MR) is 89.3 cm³/mol. The molecule has 1 unspecified atom stereocenters. The molecule has 1 saturated heterocycles. The van der Waals surface area contributed by atoms with Crippen LogP contribution in [0, 0.1) is 16.7 Å². The summed E-state index contributed by atoms with van der Waals surface area (Å²) in [5, 5.41) is 3.72. The highest BCUT2D eigenvalue weighted by atomic mass is 15.2. The SMILES string of the molecule is CC1(C)C(CN2CCCNC(c3ccccc3)C2)C1(C)C. The minimum atomic E-state index is 0.485. The molecule has 0 bridgehead atoms. The Labute approximate surface area is 129 Å². The number of nitrogens with one attached hydrogen (secondary N) is 1. The quantitative estimate of drug-likeness (QED) is 0.911. The predicted octanol–water partition coefficient (Wildman–Crippen LogP) is 3.71. The van der Waals surface area contributed by atoms with Gasteiger partial charge in [-0.15, -0.1) is 0 Å². The molecule has 0 spiro atoms. The van der Waals surface area contributed by atoms with Gasteiger partial charge in [0.05, 0.1) is 0 Å². The van der Waals surface area contributed by atoms with Crippen molar-refractivity contribution in [3.8, 4) is 0 Å². The summed E-state index contributed by atoms with van der Waals surface area (Å²) in [4.78, 5) is 2.69. The van der Waals surface area contributed by atoms with Crippen molar-refractivity contribution in [3.63, 3.8) is 0 Å². The molecule has 1 aromatic rings. The lowest BCUT2D eigenvalue weighted by atomic mass is 10.0. The number of nitrogens with zero attached hydrogens (tertiary/aromatic N) is 1. The third-order valence-electron chi connectivity index (χ3n) is 6.45. The van der Waals surface area contributed by atoms with Gasteiger partial charge in [0.2, 0.25) is 0 Å². The fraction of sp³-hybridized carbons (Fsp3) is 0.684. The summed E-state index contributed by atoms with van der Waals surface area (Å²) in [5.74, 6) is 0.833. The van der Waals surface area contributed by atoms with Crippen LogP contribution in [-0.4, -0.2) is 31.1 Å². The lowest BCUT2D eigenvalue weighted by Gasteiger charge is -2.25. The lowest BCUT2D eigenvalue weighted by molar-refractivity contribution is 0.242. The molecular formula is C19H30N2. The summed E-state index contributed by atoms with van der Waals surface area (Å²) in [6.07, 6.45) is 1.26. The molecule has 1 aliphatic heterocycles. The van der Waals surface area contributed by atoms with Crippen molar-refractivity contribution in [2.45, 2.75) is 40.2 Å². The first kappa shape index (κ1) is 15.1. The van der Waals surface area contributed by atoms with E-state index < -0.39 is 0 Å². The van der Waals surface area contributed by atoms with Crippen molar-refractivity contribution >= 4 is 0 Å². The Hall–Kier alpha value is -0.860. The maximum absolute atomic E-state index is 3.72. The van der Waals surface area contributed by atoms with Crippen LogP contribution >= 0.6 is 0 Å². The van der Waals surface area contributed by atoms with Gasteiger partial charge in [0.15, 0.2) is 0 Å². The highest BCUT2D eigenvalue weighted by molar-refractivity contribution is 5.20. The molecule has 1 heterocycles. The van der Waals surface area contributed by atoms with Crippen molar-refractivity contribution in [2.75, 3.05) is 26.2 Å². The van der Waals surface area contributed by atoms with Crippen molar-refractivity contribution in [3.05, 3.63) is 35.9 Å². The Balaban J connectivity index is 1.67. The first-order valence-corrected chi connectivity index (χ1v) is 8.43. The third kappa shape index (κ3) is 2.76. The second kappa shape index (κ2) is 5.40. The Morgan fingerprint density at radius 2 is 1.76 bits per heavy atom. The van der Waals surface area contributed by atoms with Crippen LogP contribution in [0.2, 0.25) is 0 Å². The van der Waals surface area contributed by atoms with Crippen LogP contribution in [0.5, 0.6) is 0 Å². The topological polar surface area (TPSA) is 15.3 Å². The molecule has 1 aliphatic carbocycles. The molecule has 21 heavy (non-hydrogen) atoms. The average molecular weight is 286 g/mol. The average Bonchev–Trinajstić information content (AvgIpc) is 2.98.